The molecule has 5 heteroatoms. The molecule has 1 unspecified atom stereocenters. The molecule has 1 aromatic rings. The highest BCUT2D eigenvalue weighted by molar-refractivity contribution is 5.84. The summed E-state index contributed by atoms with van der Waals surface area (Å²) < 4.78 is 0. The van der Waals surface area contributed by atoms with E-state index in [9.17, 15) is 9.90 Å². The van der Waals surface area contributed by atoms with Crippen molar-refractivity contribution >= 4 is 11.7 Å². The van der Waals surface area contributed by atoms with Crippen molar-refractivity contribution in [1.82, 2.24) is 10.3 Å². The van der Waals surface area contributed by atoms with Crippen molar-refractivity contribution in [2.75, 3.05) is 18.5 Å². The van der Waals surface area contributed by atoms with Gasteiger partial charge in [0.25, 0.3) is 0 Å². The van der Waals surface area contributed by atoms with Crippen LogP contribution in [0.3, 0.4) is 0 Å². The molecule has 5 nitrogen and oxygen atoms in total. The number of piperidine rings is 1. The Morgan fingerprint density at radius 1 is 1.58 bits per heavy atom. The second kappa shape index (κ2) is 6.02. The van der Waals surface area contributed by atoms with E-state index >= 15 is 0 Å². The lowest BCUT2D eigenvalue weighted by Gasteiger charge is -2.35. The third kappa shape index (κ3) is 3.04. The molecule has 0 aromatic carbocycles. The summed E-state index contributed by atoms with van der Waals surface area (Å²) in [5.74, 6) is 0.802. The Labute approximate surface area is 113 Å². The highest BCUT2D eigenvalue weighted by Crippen LogP contribution is 2.25. The van der Waals surface area contributed by atoms with Gasteiger partial charge in [0.2, 0.25) is 5.91 Å². The van der Waals surface area contributed by atoms with Gasteiger partial charge in [-0.05, 0) is 43.9 Å². The van der Waals surface area contributed by atoms with Crippen molar-refractivity contribution in [2.24, 2.45) is 0 Å². The number of nitrogens with one attached hydrogen (secondary N) is 1. The first-order chi connectivity index (χ1) is 9.13. The standard InChI is InChI=1S/C14H21N3O2/c1-10(18)11-6-7-16-13(9-11)17-8-4-3-5-12(17)14(19)15-2/h6-7,9-10,12,18H,3-5,8H2,1-2H3,(H,15,19)/t10-,12?/m0/s1. The van der Waals surface area contributed by atoms with Gasteiger partial charge in [-0.3, -0.25) is 4.79 Å². The fraction of sp³-hybridized carbons (Fsp3) is 0.571. The van der Waals surface area contributed by atoms with Gasteiger partial charge >= 0.3 is 0 Å². The van der Waals surface area contributed by atoms with Crippen molar-refractivity contribution in [3.63, 3.8) is 0 Å². The quantitative estimate of drug-likeness (QED) is 0.861. The number of amides is 1. The fourth-order valence-corrected chi connectivity index (χ4v) is 2.50. The minimum absolute atomic E-state index is 0.0314. The molecule has 2 N–H and O–H groups in total. The number of nitrogens with zero attached hydrogens (tertiary/aromatic N) is 2. The average Bonchev–Trinajstić information content (AvgIpc) is 2.46. The number of pyridine rings is 1. The minimum Gasteiger partial charge on any atom is -0.389 e. The number of aromatic nitrogens is 1. The van der Waals surface area contributed by atoms with E-state index in [-0.39, 0.29) is 11.9 Å². The van der Waals surface area contributed by atoms with Gasteiger partial charge in [0.1, 0.15) is 11.9 Å². The predicted octanol–water partition coefficient (Wildman–Crippen LogP) is 1.24. The lowest BCUT2D eigenvalue weighted by atomic mass is 10.0. The normalized spacial score (nSPS) is 21.0. The van der Waals surface area contributed by atoms with E-state index in [0.717, 1.165) is 37.2 Å². The molecule has 1 saturated heterocycles. The van der Waals surface area contributed by atoms with Crippen molar-refractivity contribution < 1.29 is 9.90 Å². The van der Waals surface area contributed by atoms with Crippen molar-refractivity contribution in [3.8, 4) is 0 Å². The Morgan fingerprint density at radius 2 is 2.37 bits per heavy atom. The monoisotopic (exact) mass is 263 g/mol. The Hall–Kier alpha value is -1.62. The van der Waals surface area contributed by atoms with E-state index in [1.54, 1.807) is 26.2 Å². The van der Waals surface area contributed by atoms with E-state index in [1.165, 1.54) is 0 Å². The second-order valence-corrected chi connectivity index (χ2v) is 4.94. The molecule has 19 heavy (non-hydrogen) atoms. The minimum atomic E-state index is -0.523. The van der Waals surface area contributed by atoms with Crippen LogP contribution in [-0.4, -0.2) is 35.6 Å². The third-order valence-electron chi connectivity index (χ3n) is 3.60. The van der Waals surface area contributed by atoms with E-state index in [1.807, 2.05) is 11.0 Å². The van der Waals surface area contributed by atoms with Crippen LogP contribution in [0, 0.1) is 0 Å². The first-order valence-corrected chi connectivity index (χ1v) is 6.75. The van der Waals surface area contributed by atoms with Crippen molar-refractivity contribution in [3.05, 3.63) is 23.9 Å². The fourth-order valence-electron chi connectivity index (χ4n) is 2.50. The Balaban J connectivity index is 2.26. The van der Waals surface area contributed by atoms with Crippen LogP contribution in [0.4, 0.5) is 5.82 Å². The maximum absolute atomic E-state index is 11.9. The summed E-state index contributed by atoms with van der Waals surface area (Å²) in [7, 11) is 1.66. The van der Waals surface area contributed by atoms with Gasteiger partial charge < -0.3 is 15.3 Å². The summed E-state index contributed by atoms with van der Waals surface area (Å²) in [6.45, 7) is 2.56. The number of hydrogen-bond acceptors (Lipinski definition) is 4. The molecule has 1 aliphatic heterocycles. The Kier molecular flexibility index (Phi) is 4.37. The van der Waals surface area contributed by atoms with Crippen molar-refractivity contribution in [2.45, 2.75) is 38.3 Å². The molecule has 2 atom stereocenters. The molecule has 0 spiro atoms. The Morgan fingerprint density at radius 3 is 3.05 bits per heavy atom. The molecule has 1 fully saturated rings. The van der Waals surface area contributed by atoms with Gasteiger partial charge in [-0.2, -0.15) is 0 Å². The Bertz CT molecular complexity index is 448. The summed E-state index contributed by atoms with van der Waals surface area (Å²) in [6, 6.07) is 3.51. The maximum atomic E-state index is 11.9. The molecule has 0 radical (unpaired) electrons. The summed E-state index contributed by atoms with van der Waals surface area (Å²) >= 11 is 0. The average molecular weight is 263 g/mol. The molecule has 2 rings (SSSR count). The number of aliphatic hydroxyl groups is 1. The number of carbonyl (C=O) groups is 1. The van der Waals surface area contributed by atoms with E-state index < -0.39 is 6.10 Å². The van der Waals surface area contributed by atoms with Crippen LogP contribution in [0.25, 0.3) is 0 Å². The van der Waals surface area contributed by atoms with E-state index in [4.69, 9.17) is 0 Å². The van der Waals surface area contributed by atoms with Crippen molar-refractivity contribution in [1.29, 1.82) is 0 Å². The zero-order valence-corrected chi connectivity index (χ0v) is 11.5. The van der Waals surface area contributed by atoms with Crippen LogP contribution < -0.4 is 10.2 Å². The van der Waals surface area contributed by atoms with Crippen LogP contribution in [-0.2, 0) is 4.79 Å². The second-order valence-electron chi connectivity index (χ2n) is 4.94. The molecule has 2 heterocycles. The maximum Gasteiger partial charge on any atom is 0.242 e. The lowest BCUT2D eigenvalue weighted by Crippen LogP contribution is -2.49. The number of hydrogen-bond donors (Lipinski definition) is 2. The first-order valence-electron chi connectivity index (χ1n) is 6.75. The van der Waals surface area contributed by atoms with Gasteiger partial charge in [0, 0.05) is 19.8 Å². The van der Waals surface area contributed by atoms with Crippen LogP contribution in [0.1, 0.15) is 37.9 Å². The zero-order valence-electron chi connectivity index (χ0n) is 11.5. The van der Waals surface area contributed by atoms with Gasteiger partial charge in [-0.1, -0.05) is 0 Å². The molecule has 0 saturated carbocycles. The lowest BCUT2D eigenvalue weighted by molar-refractivity contribution is -0.122. The SMILES string of the molecule is CNC(=O)C1CCCCN1c1cc([C@H](C)O)ccn1. The van der Waals surface area contributed by atoms with Gasteiger partial charge in [-0.25, -0.2) is 4.98 Å². The van der Waals surface area contributed by atoms with Gasteiger partial charge in [0.05, 0.1) is 6.10 Å². The highest BCUT2D eigenvalue weighted by Gasteiger charge is 2.29. The summed E-state index contributed by atoms with van der Waals surface area (Å²) in [5.41, 5.74) is 0.825. The van der Waals surface area contributed by atoms with Crippen LogP contribution in [0.2, 0.25) is 0 Å². The summed E-state index contributed by atoms with van der Waals surface area (Å²) in [4.78, 5) is 18.3. The number of rotatable bonds is 3. The van der Waals surface area contributed by atoms with Crippen LogP contribution >= 0.6 is 0 Å². The third-order valence-corrected chi connectivity index (χ3v) is 3.60. The van der Waals surface area contributed by atoms with E-state index in [0.29, 0.717) is 0 Å². The summed E-state index contributed by atoms with van der Waals surface area (Å²) in [6.07, 6.45) is 4.14. The molecule has 104 valence electrons. The van der Waals surface area contributed by atoms with Gasteiger partial charge in [-0.15, -0.1) is 0 Å². The van der Waals surface area contributed by atoms with Crippen LogP contribution in [0.15, 0.2) is 18.3 Å². The molecule has 1 amide bonds. The topological polar surface area (TPSA) is 65.5 Å². The van der Waals surface area contributed by atoms with Crippen LogP contribution in [0.5, 0.6) is 0 Å². The smallest absolute Gasteiger partial charge is 0.242 e. The molecular formula is C14H21N3O2. The molecular weight excluding hydrogens is 242 g/mol. The van der Waals surface area contributed by atoms with Gasteiger partial charge in [0.15, 0.2) is 0 Å². The number of likely N-dealkylation sites (N-methyl/N-ethyl adjacent to an activating group) is 1. The highest BCUT2D eigenvalue weighted by atomic mass is 16.3. The molecule has 0 bridgehead atoms. The number of anilines is 1. The predicted molar refractivity (Wildman–Crippen MR) is 73.9 cm³/mol. The largest absolute Gasteiger partial charge is 0.389 e. The van der Waals surface area contributed by atoms with E-state index in [2.05, 4.69) is 10.3 Å². The first kappa shape index (κ1) is 13.8. The molecule has 1 aliphatic rings. The molecule has 0 aliphatic carbocycles. The zero-order chi connectivity index (χ0) is 13.8. The number of carbonyl (C=O) groups excluding carboxylic acids is 1. The molecule has 1 aromatic heterocycles. The summed E-state index contributed by atoms with van der Waals surface area (Å²) in [5, 5.41) is 12.4. The number of aliphatic hydroxyl groups excluding tert-OH is 1.